The molecule has 2 rings (SSSR count). The molecule has 0 atom stereocenters. The molecule has 2 aromatic rings. The molecule has 0 fully saturated rings. The minimum Gasteiger partial charge on any atom is -0.489 e. The van der Waals surface area contributed by atoms with Crippen LogP contribution >= 0.6 is 0 Å². The third-order valence-corrected chi connectivity index (χ3v) is 4.47. The van der Waals surface area contributed by atoms with E-state index in [1.54, 1.807) is 0 Å². The average Bonchev–Trinajstić information content (AvgIpc) is 2.61. The maximum Gasteiger partial charge on any atom is 0.338 e. The molecule has 0 spiro atoms. The zero-order valence-corrected chi connectivity index (χ0v) is 15.9. The van der Waals surface area contributed by atoms with Crippen molar-refractivity contribution < 1.29 is 14.3 Å². The zero-order valence-electron chi connectivity index (χ0n) is 15.9. The fraction of sp³-hybridized carbons (Fsp3) is 0.409. The van der Waals surface area contributed by atoms with Gasteiger partial charge in [-0.05, 0) is 68.0 Å². The van der Waals surface area contributed by atoms with E-state index in [4.69, 9.17) is 9.47 Å². The molecule has 0 bridgehead atoms. The lowest BCUT2D eigenvalue weighted by atomic mass is 9.99. The number of aryl methyl sites for hydroxylation is 4. The molecule has 0 heterocycles. The van der Waals surface area contributed by atoms with E-state index < -0.39 is 0 Å². The standard InChI is InChI=1S/C22H28O3/c1-6-11-24-22(23)19-10-8-9-18(7-2)20(19)14-25-21-13-16(4)15(3)12-17(21)5/h8-10,12-13H,6-7,11,14H2,1-5H3. The van der Waals surface area contributed by atoms with Crippen LogP contribution in [0.25, 0.3) is 0 Å². The second-order valence-corrected chi connectivity index (χ2v) is 6.42. The first-order chi connectivity index (χ1) is 12.0. The van der Waals surface area contributed by atoms with Crippen molar-refractivity contribution in [3.63, 3.8) is 0 Å². The first-order valence-electron chi connectivity index (χ1n) is 8.96. The number of ether oxygens (including phenoxy) is 2. The molecule has 3 heteroatoms. The van der Waals surface area contributed by atoms with Gasteiger partial charge in [0.1, 0.15) is 12.4 Å². The van der Waals surface area contributed by atoms with Crippen molar-refractivity contribution in [2.75, 3.05) is 6.61 Å². The van der Waals surface area contributed by atoms with Crippen LogP contribution in [0.15, 0.2) is 30.3 Å². The van der Waals surface area contributed by atoms with Crippen LogP contribution in [-0.2, 0) is 17.8 Å². The number of benzene rings is 2. The van der Waals surface area contributed by atoms with Crippen molar-refractivity contribution in [2.24, 2.45) is 0 Å². The smallest absolute Gasteiger partial charge is 0.338 e. The molecule has 0 aliphatic heterocycles. The van der Waals surface area contributed by atoms with Crippen molar-refractivity contribution in [2.45, 2.75) is 54.1 Å². The lowest BCUT2D eigenvalue weighted by molar-refractivity contribution is 0.0502. The number of hydrogen-bond donors (Lipinski definition) is 0. The number of carbonyl (C=O) groups is 1. The van der Waals surface area contributed by atoms with Gasteiger partial charge in [0.15, 0.2) is 0 Å². The Bertz CT molecular complexity index is 747. The lowest BCUT2D eigenvalue weighted by Crippen LogP contribution is -2.13. The van der Waals surface area contributed by atoms with Crippen LogP contribution in [0.4, 0.5) is 0 Å². The largest absolute Gasteiger partial charge is 0.489 e. The summed E-state index contributed by atoms with van der Waals surface area (Å²) in [7, 11) is 0. The SMILES string of the molecule is CCCOC(=O)c1cccc(CC)c1COc1cc(C)c(C)cc1C. The second-order valence-electron chi connectivity index (χ2n) is 6.42. The fourth-order valence-corrected chi connectivity index (χ4v) is 2.84. The molecular formula is C22H28O3. The third kappa shape index (κ3) is 4.62. The number of hydrogen-bond acceptors (Lipinski definition) is 3. The summed E-state index contributed by atoms with van der Waals surface area (Å²) < 4.78 is 11.4. The van der Waals surface area contributed by atoms with E-state index in [2.05, 4.69) is 32.9 Å². The van der Waals surface area contributed by atoms with E-state index in [1.807, 2.05) is 32.0 Å². The number of esters is 1. The number of rotatable bonds is 7. The molecule has 0 unspecified atom stereocenters. The van der Waals surface area contributed by atoms with Crippen LogP contribution in [0.2, 0.25) is 0 Å². The Labute approximate surface area is 151 Å². The van der Waals surface area contributed by atoms with Gasteiger partial charge in [-0.1, -0.05) is 32.0 Å². The summed E-state index contributed by atoms with van der Waals surface area (Å²) in [4.78, 5) is 12.4. The molecule has 134 valence electrons. The normalized spacial score (nSPS) is 10.6. The molecule has 0 saturated heterocycles. The van der Waals surface area contributed by atoms with Crippen molar-refractivity contribution in [3.05, 3.63) is 63.7 Å². The second kappa shape index (κ2) is 8.70. The molecule has 0 amide bonds. The Hall–Kier alpha value is -2.29. The molecule has 25 heavy (non-hydrogen) atoms. The molecular weight excluding hydrogens is 312 g/mol. The van der Waals surface area contributed by atoms with Crippen LogP contribution in [0.5, 0.6) is 5.75 Å². The molecule has 3 nitrogen and oxygen atoms in total. The first kappa shape index (κ1) is 19.0. The topological polar surface area (TPSA) is 35.5 Å². The Morgan fingerprint density at radius 1 is 1.00 bits per heavy atom. The van der Waals surface area contributed by atoms with Gasteiger partial charge in [0, 0.05) is 5.56 Å². The van der Waals surface area contributed by atoms with Gasteiger partial charge in [0.05, 0.1) is 12.2 Å². The highest BCUT2D eigenvalue weighted by atomic mass is 16.5. The van der Waals surface area contributed by atoms with Gasteiger partial charge in [-0.2, -0.15) is 0 Å². The van der Waals surface area contributed by atoms with Crippen molar-refractivity contribution in [1.82, 2.24) is 0 Å². The number of carbonyl (C=O) groups excluding carboxylic acids is 1. The molecule has 0 radical (unpaired) electrons. The van der Waals surface area contributed by atoms with Crippen LogP contribution in [-0.4, -0.2) is 12.6 Å². The Morgan fingerprint density at radius 3 is 2.40 bits per heavy atom. The van der Waals surface area contributed by atoms with E-state index in [1.165, 1.54) is 11.1 Å². The predicted octanol–water partition coefficient (Wildman–Crippen LogP) is 5.32. The Kier molecular flexibility index (Phi) is 6.63. The summed E-state index contributed by atoms with van der Waals surface area (Å²) in [6.07, 6.45) is 1.66. The van der Waals surface area contributed by atoms with Gasteiger partial charge < -0.3 is 9.47 Å². The van der Waals surface area contributed by atoms with Crippen LogP contribution in [0.3, 0.4) is 0 Å². The Balaban J connectivity index is 2.29. The van der Waals surface area contributed by atoms with E-state index in [-0.39, 0.29) is 5.97 Å². The summed E-state index contributed by atoms with van der Waals surface area (Å²) in [6, 6.07) is 9.97. The highest BCUT2D eigenvalue weighted by Crippen LogP contribution is 2.25. The van der Waals surface area contributed by atoms with Gasteiger partial charge in [0.2, 0.25) is 0 Å². The van der Waals surface area contributed by atoms with E-state index in [9.17, 15) is 4.79 Å². The van der Waals surface area contributed by atoms with E-state index >= 15 is 0 Å². The predicted molar refractivity (Wildman–Crippen MR) is 101 cm³/mol. The third-order valence-electron chi connectivity index (χ3n) is 4.47. The fourth-order valence-electron chi connectivity index (χ4n) is 2.84. The molecule has 2 aromatic carbocycles. The minimum absolute atomic E-state index is 0.271. The van der Waals surface area contributed by atoms with Gasteiger partial charge >= 0.3 is 5.97 Å². The van der Waals surface area contributed by atoms with Crippen molar-refractivity contribution >= 4 is 5.97 Å². The highest BCUT2D eigenvalue weighted by Gasteiger charge is 2.16. The summed E-state index contributed by atoms with van der Waals surface area (Å²) in [5.74, 6) is 0.592. The lowest BCUT2D eigenvalue weighted by Gasteiger charge is -2.16. The highest BCUT2D eigenvalue weighted by molar-refractivity contribution is 5.91. The minimum atomic E-state index is -0.271. The zero-order chi connectivity index (χ0) is 18.4. The monoisotopic (exact) mass is 340 g/mol. The quantitative estimate of drug-likeness (QED) is 0.640. The molecule has 0 saturated carbocycles. The van der Waals surface area contributed by atoms with Crippen LogP contribution in [0.1, 0.15) is 58.4 Å². The average molecular weight is 340 g/mol. The van der Waals surface area contributed by atoms with Gasteiger partial charge in [-0.3, -0.25) is 0 Å². The van der Waals surface area contributed by atoms with E-state index in [0.717, 1.165) is 35.3 Å². The van der Waals surface area contributed by atoms with Gasteiger partial charge in [-0.25, -0.2) is 4.79 Å². The summed E-state index contributed by atoms with van der Waals surface area (Å²) in [6.45, 7) is 11.1. The van der Waals surface area contributed by atoms with E-state index in [0.29, 0.717) is 18.8 Å². The molecule has 0 aliphatic rings. The maximum atomic E-state index is 12.4. The summed E-state index contributed by atoms with van der Waals surface area (Å²) in [5.41, 5.74) is 6.20. The van der Waals surface area contributed by atoms with Gasteiger partial charge in [-0.15, -0.1) is 0 Å². The summed E-state index contributed by atoms with van der Waals surface area (Å²) in [5, 5.41) is 0. The Morgan fingerprint density at radius 2 is 1.72 bits per heavy atom. The molecule has 0 aliphatic carbocycles. The van der Waals surface area contributed by atoms with Crippen molar-refractivity contribution in [1.29, 1.82) is 0 Å². The van der Waals surface area contributed by atoms with Gasteiger partial charge in [0.25, 0.3) is 0 Å². The van der Waals surface area contributed by atoms with Crippen molar-refractivity contribution in [3.8, 4) is 5.75 Å². The summed E-state index contributed by atoms with van der Waals surface area (Å²) >= 11 is 0. The van der Waals surface area contributed by atoms with Crippen LogP contribution < -0.4 is 4.74 Å². The molecule has 0 N–H and O–H groups in total. The molecule has 0 aromatic heterocycles. The van der Waals surface area contributed by atoms with Crippen LogP contribution in [0, 0.1) is 20.8 Å². The first-order valence-corrected chi connectivity index (χ1v) is 8.96. The maximum absolute atomic E-state index is 12.4.